The fourth-order valence-corrected chi connectivity index (χ4v) is 3.14. The third kappa shape index (κ3) is 4.00. The number of esters is 1. The van der Waals surface area contributed by atoms with Crippen molar-refractivity contribution in [2.75, 3.05) is 12.8 Å². The van der Waals surface area contributed by atoms with Crippen LogP contribution in [0, 0.1) is 0 Å². The van der Waals surface area contributed by atoms with Gasteiger partial charge in [-0.25, -0.2) is 4.79 Å². The second kappa shape index (κ2) is 7.86. The van der Waals surface area contributed by atoms with Crippen LogP contribution in [0.2, 0.25) is 0 Å². The Hall–Kier alpha value is -3.54. The van der Waals surface area contributed by atoms with Gasteiger partial charge in [-0.05, 0) is 29.8 Å². The van der Waals surface area contributed by atoms with E-state index in [1.807, 2.05) is 0 Å². The van der Waals surface area contributed by atoms with Crippen LogP contribution >= 0.6 is 0 Å². The molecule has 6 nitrogen and oxygen atoms in total. The maximum atomic E-state index is 13.2. The average Bonchev–Trinajstić information content (AvgIpc) is 2.72. The molecule has 3 rings (SSSR count). The summed E-state index contributed by atoms with van der Waals surface area (Å²) >= 11 is 0. The Balaban J connectivity index is 2.35. The summed E-state index contributed by atoms with van der Waals surface area (Å²) in [4.78, 5) is 25.1. The Kier molecular flexibility index (Phi) is 5.68. The standard InChI is InChI=1S/C20H14F6N2O4/c1-32-18(31)14-15(27)12-7-4-10(19(21,22)23)8-13(12)28(17(14)30)11-5-2-9(3-6-11)16(29)20(24,25)26/h2-8,16,29H,27H2,1H3. The minimum atomic E-state index is -4.95. The number of halogens is 6. The van der Waals surface area contributed by atoms with Crippen molar-refractivity contribution < 1.29 is 41.0 Å². The molecule has 0 amide bonds. The van der Waals surface area contributed by atoms with Crippen LogP contribution in [-0.2, 0) is 10.9 Å². The van der Waals surface area contributed by atoms with Gasteiger partial charge in [0.05, 0.1) is 23.9 Å². The molecule has 3 aromatic rings. The SMILES string of the molecule is COC(=O)c1c(N)c2ccc(C(F)(F)F)cc2n(-c2ccc(C(O)C(F)(F)F)cc2)c1=O. The number of rotatable bonds is 3. The Bertz CT molecular complexity index is 1250. The van der Waals surface area contributed by atoms with Gasteiger partial charge in [0.25, 0.3) is 5.56 Å². The first-order chi connectivity index (χ1) is 14.8. The summed E-state index contributed by atoms with van der Waals surface area (Å²) < 4.78 is 83.2. The summed E-state index contributed by atoms with van der Waals surface area (Å²) in [7, 11) is 0.968. The topological polar surface area (TPSA) is 94.6 Å². The number of nitrogen functional groups attached to an aromatic ring is 1. The van der Waals surface area contributed by atoms with E-state index in [2.05, 4.69) is 4.74 Å². The van der Waals surface area contributed by atoms with E-state index in [1.54, 1.807) is 0 Å². The highest BCUT2D eigenvalue weighted by Crippen LogP contribution is 2.35. The van der Waals surface area contributed by atoms with Crippen LogP contribution in [0.4, 0.5) is 32.0 Å². The molecule has 0 aliphatic carbocycles. The largest absolute Gasteiger partial charge is 0.465 e. The number of pyridine rings is 1. The second-order valence-electron chi connectivity index (χ2n) is 6.69. The lowest BCUT2D eigenvalue weighted by Crippen LogP contribution is -2.28. The van der Waals surface area contributed by atoms with Gasteiger partial charge in [0, 0.05) is 11.1 Å². The fourth-order valence-electron chi connectivity index (χ4n) is 3.14. The molecular formula is C20H14F6N2O4. The van der Waals surface area contributed by atoms with Gasteiger partial charge < -0.3 is 15.6 Å². The molecule has 0 aliphatic heterocycles. The third-order valence-electron chi connectivity index (χ3n) is 4.71. The van der Waals surface area contributed by atoms with Gasteiger partial charge in [0.1, 0.15) is 5.56 Å². The monoisotopic (exact) mass is 460 g/mol. The summed E-state index contributed by atoms with van der Waals surface area (Å²) in [5, 5.41) is 9.27. The number of aromatic nitrogens is 1. The van der Waals surface area contributed by atoms with E-state index in [1.165, 1.54) is 0 Å². The molecule has 0 aliphatic rings. The van der Waals surface area contributed by atoms with Gasteiger partial charge in [0.2, 0.25) is 0 Å². The number of ether oxygens (including phenoxy) is 1. The average molecular weight is 460 g/mol. The molecule has 1 atom stereocenters. The maximum Gasteiger partial charge on any atom is 0.418 e. The maximum absolute atomic E-state index is 13.2. The highest BCUT2D eigenvalue weighted by molar-refractivity contribution is 6.04. The summed E-state index contributed by atoms with van der Waals surface area (Å²) in [6.07, 6.45) is -12.5. The highest BCUT2D eigenvalue weighted by atomic mass is 19.4. The van der Waals surface area contributed by atoms with E-state index in [0.29, 0.717) is 16.7 Å². The van der Waals surface area contributed by atoms with E-state index in [0.717, 1.165) is 37.4 Å². The molecule has 0 bridgehead atoms. The van der Waals surface area contributed by atoms with E-state index >= 15 is 0 Å². The zero-order valence-electron chi connectivity index (χ0n) is 16.1. The molecule has 0 fully saturated rings. The van der Waals surface area contributed by atoms with Crippen LogP contribution in [0.1, 0.15) is 27.6 Å². The zero-order valence-corrected chi connectivity index (χ0v) is 16.1. The number of carbonyl (C=O) groups is 1. The molecule has 1 unspecified atom stereocenters. The van der Waals surface area contributed by atoms with Crippen LogP contribution in [-0.4, -0.2) is 28.9 Å². The number of benzene rings is 2. The molecule has 3 N–H and O–H groups in total. The van der Waals surface area contributed by atoms with Crippen LogP contribution in [0.25, 0.3) is 16.6 Å². The highest BCUT2D eigenvalue weighted by Gasteiger charge is 2.39. The number of alkyl halides is 6. The molecule has 170 valence electrons. The van der Waals surface area contributed by atoms with E-state index in [-0.39, 0.29) is 16.6 Å². The van der Waals surface area contributed by atoms with Gasteiger partial charge in [0.15, 0.2) is 6.10 Å². The minimum Gasteiger partial charge on any atom is -0.465 e. The number of methoxy groups -OCH3 is 1. The molecule has 1 aromatic heterocycles. The molecule has 12 heteroatoms. The smallest absolute Gasteiger partial charge is 0.418 e. The summed E-state index contributed by atoms with van der Waals surface area (Å²) in [6, 6.07) is 5.99. The quantitative estimate of drug-likeness (QED) is 0.456. The molecule has 0 saturated heterocycles. The fraction of sp³-hybridized carbons (Fsp3) is 0.200. The number of nitrogens with two attached hydrogens (primary N) is 1. The van der Waals surface area contributed by atoms with Crippen molar-refractivity contribution in [1.29, 1.82) is 0 Å². The van der Waals surface area contributed by atoms with Crippen LogP contribution < -0.4 is 11.3 Å². The molecule has 0 spiro atoms. The van der Waals surface area contributed by atoms with Gasteiger partial charge in [-0.1, -0.05) is 18.2 Å². The number of nitrogens with zero attached hydrogens (tertiary/aromatic N) is 1. The van der Waals surface area contributed by atoms with E-state index in [9.17, 15) is 41.0 Å². The van der Waals surface area contributed by atoms with Crippen molar-refractivity contribution in [3.63, 3.8) is 0 Å². The zero-order chi connectivity index (χ0) is 24.0. The van der Waals surface area contributed by atoms with Crippen molar-refractivity contribution >= 4 is 22.6 Å². The first kappa shape index (κ1) is 23.1. The van der Waals surface area contributed by atoms with E-state index < -0.39 is 52.4 Å². The Labute approximate surface area is 175 Å². The molecule has 0 radical (unpaired) electrons. The van der Waals surface area contributed by atoms with Gasteiger partial charge in [-0.3, -0.25) is 9.36 Å². The molecule has 2 aromatic carbocycles. The predicted molar refractivity (Wildman–Crippen MR) is 101 cm³/mol. The molecule has 32 heavy (non-hydrogen) atoms. The number of anilines is 1. The molecular weight excluding hydrogens is 446 g/mol. The third-order valence-corrected chi connectivity index (χ3v) is 4.71. The van der Waals surface area contributed by atoms with Crippen LogP contribution in [0.3, 0.4) is 0 Å². The summed E-state index contributed by atoms with van der Waals surface area (Å²) in [5.41, 5.74) is 1.49. The number of hydrogen-bond donors (Lipinski definition) is 2. The molecule has 0 saturated carbocycles. The Morgan fingerprint density at radius 2 is 1.66 bits per heavy atom. The van der Waals surface area contributed by atoms with Crippen molar-refractivity contribution in [2.45, 2.75) is 18.5 Å². The first-order valence-corrected chi connectivity index (χ1v) is 8.76. The Morgan fingerprint density at radius 3 is 2.16 bits per heavy atom. The summed E-state index contributed by atoms with van der Waals surface area (Å²) in [5.74, 6) is -1.15. The van der Waals surface area contributed by atoms with Gasteiger partial charge in [-0.15, -0.1) is 0 Å². The lowest BCUT2D eigenvalue weighted by Gasteiger charge is -2.18. The number of aliphatic hydroxyl groups excluding tert-OH is 1. The number of aliphatic hydroxyl groups is 1. The predicted octanol–water partition coefficient (Wildman–Crippen LogP) is 3.97. The second-order valence-corrected chi connectivity index (χ2v) is 6.69. The summed E-state index contributed by atoms with van der Waals surface area (Å²) in [6.45, 7) is 0. The molecule has 1 heterocycles. The lowest BCUT2D eigenvalue weighted by atomic mass is 10.0. The van der Waals surface area contributed by atoms with Gasteiger partial charge >= 0.3 is 18.3 Å². The van der Waals surface area contributed by atoms with Crippen molar-refractivity contribution in [2.24, 2.45) is 0 Å². The minimum absolute atomic E-state index is 0.0857. The van der Waals surface area contributed by atoms with Gasteiger partial charge in [-0.2, -0.15) is 26.3 Å². The van der Waals surface area contributed by atoms with Crippen molar-refractivity contribution in [1.82, 2.24) is 4.57 Å². The van der Waals surface area contributed by atoms with Crippen LogP contribution in [0.5, 0.6) is 0 Å². The van der Waals surface area contributed by atoms with Crippen molar-refractivity contribution in [3.8, 4) is 5.69 Å². The van der Waals surface area contributed by atoms with Crippen LogP contribution in [0.15, 0.2) is 47.3 Å². The lowest BCUT2D eigenvalue weighted by molar-refractivity contribution is -0.206. The number of hydrogen-bond acceptors (Lipinski definition) is 5. The number of fused-ring (bicyclic) bond motifs is 1. The van der Waals surface area contributed by atoms with E-state index in [4.69, 9.17) is 5.73 Å². The normalized spacial score (nSPS) is 13.2. The number of carbonyl (C=O) groups excluding carboxylic acids is 1. The Morgan fingerprint density at radius 1 is 1.06 bits per heavy atom. The first-order valence-electron chi connectivity index (χ1n) is 8.76. The van der Waals surface area contributed by atoms with Crippen molar-refractivity contribution in [3.05, 3.63) is 69.5 Å².